The number of carbonyl (C=O) groups is 1. The molecule has 0 atom stereocenters. The highest BCUT2D eigenvalue weighted by molar-refractivity contribution is 5.86. The molecule has 112 valence electrons. The molecule has 6 heteroatoms. The third-order valence-electron chi connectivity index (χ3n) is 4.29. The topological polar surface area (TPSA) is 80.0 Å². The monoisotopic (exact) mass is 280 g/mol. The first kappa shape index (κ1) is 15.0. The minimum atomic E-state index is -0.964. The first-order chi connectivity index (χ1) is 9.67. The Hall–Kier alpha value is -1.43. The SMILES string of the molecule is CCC(CC)Cn1nnc(C(=O)O)c1C1CCNCC1. The Bertz CT molecular complexity index is 448. The Morgan fingerprint density at radius 1 is 1.40 bits per heavy atom. The largest absolute Gasteiger partial charge is 0.476 e. The molecular formula is C14H24N4O2. The fraction of sp³-hybridized carbons (Fsp3) is 0.786. The van der Waals surface area contributed by atoms with Gasteiger partial charge in [0.15, 0.2) is 5.69 Å². The van der Waals surface area contributed by atoms with Crippen molar-refractivity contribution in [2.24, 2.45) is 5.92 Å². The van der Waals surface area contributed by atoms with Gasteiger partial charge >= 0.3 is 5.97 Å². The van der Waals surface area contributed by atoms with E-state index in [0.717, 1.165) is 51.0 Å². The zero-order valence-corrected chi connectivity index (χ0v) is 12.3. The van der Waals surface area contributed by atoms with Crippen LogP contribution in [-0.4, -0.2) is 39.2 Å². The van der Waals surface area contributed by atoms with Crippen LogP contribution in [0.3, 0.4) is 0 Å². The average Bonchev–Trinajstić information content (AvgIpc) is 2.89. The fourth-order valence-corrected chi connectivity index (χ4v) is 2.90. The molecule has 0 amide bonds. The van der Waals surface area contributed by atoms with Crippen molar-refractivity contribution in [3.8, 4) is 0 Å². The molecule has 0 spiro atoms. The number of carboxylic acids is 1. The van der Waals surface area contributed by atoms with Crippen LogP contribution < -0.4 is 5.32 Å². The van der Waals surface area contributed by atoms with Crippen molar-refractivity contribution in [2.45, 2.75) is 52.0 Å². The van der Waals surface area contributed by atoms with Crippen LogP contribution in [-0.2, 0) is 6.54 Å². The first-order valence-electron chi connectivity index (χ1n) is 7.54. The number of hydrogen-bond donors (Lipinski definition) is 2. The Balaban J connectivity index is 2.28. The Kier molecular flexibility index (Phi) is 5.11. The second-order valence-electron chi connectivity index (χ2n) is 5.52. The molecule has 0 bridgehead atoms. The number of aromatic carboxylic acids is 1. The summed E-state index contributed by atoms with van der Waals surface area (Å²) in [5, 5.41) is 20.7. The van der Waals surface area contributed by atoms with Gasteiger partial charge in [0.25, 0.3) is 0 Å². The van der Waals surface area contributed by atoms with E-state index >= 15 is 0 Å². The molecule has 0 saturated carbocycles. The number of rotatable bonds is 6. The predicted octanol–water partition coefficient (Wildman–Crippen LogP) is 1.88. The van der Waals surface area contributed by atoms with Gasteiger partial charge < -0.3 is 10.4 Å². The van der Waals surface area contributed by atoms with Gasteiger partial charge in [-0.15, -0.1) is 5.10 Å². The molecule has 0 unspecified atom stereocenters. The lowest BCUT2D eigenvalue weighted by Gasteiger charge is -2.24. The van der Waals surface area contributed by atoms with Gasteiger partial charge in [0.1, 0.15) is 0 Å². The lowest BCUT2D eigenvalue weighted by molar-refractivity contribution is 0.0688. The molecule has 0 radical (unpaired) electrons. The van der Waals surface area contributed by atoms with E-state index in [4.69, 9.17) is 0 Å². The van der Waals surface area contributed by atoms with E-state index in [1.807, 2.05) is 4.68 Å². The minimum Gasteiger partial charge on any atom is -0.476 e. The van der Waals surface area contributed by atoms with Gasteiger partial charge in [0.05, 0.1) is 5.69 Å². The maximum absolute atomic E-state index is 11.4. The van der Waals surface area contributed by atoms with Gasteiger partial charge in [-0.1, -0.05) is 31.9 Å². The summed E-state index contributed by atoms with van der Waals surface area (Å²) >= 11 is 0. The molecule has 2 heterocycles. The molecule has 0 aromatic carbocycles. The van der Waals surface area contributed by atoms with E-state index in [2.05, 4.69) is 29.5 Å². The summed E-state index contributed by atoms with van der Waals surface area (Å²) in [6.45, 7) is 6.95. The molecule has 20 heavy (non-hydrogen) atoms. The zero-order valence-electron chi connectivity index (χ0n) is 12.3. The van der Waals surface area contributed by atoms with E-state index in [9.17, 15) is 9.90 Å². The highest BCUT2D eigenvalue weighted by Crippen LogP contribution is 2.28. The molecular weight excluding hydrogens is 256 g/mol. The Morgan fingerprint density at radius 2 is 2.05 bits per heavy atom. The van der Waals surface area contributed by atoms with E-state index < -0.39 is 5.97 Å². The summed E-state index contributed by atoms with van der Waals surface area (Å²) in [4.78, 5) is 11.4. The summed E-state index contributed by atoms with van der Waals surface area (Å²) in [5.41, 5.74) is 0.966. The third kappa shape index (κ3) is 3.17. The molecule has 2 N–H and O–H groups in total. The van der Waals surface area contributed by atoms with Gasteiger partial charge in [0, 0.05) is 12.5 Å². The molecule has 1 aliphatic rings. The summed E-state index contributed by atoms with van der Waals surface area (Å²) in [5.74, 6) is -0.181. The van der Waals surface area contributed by atoms with Gasteiger partial charge in [-0.05, 0) is 31.8 Å². The normalized spacial score (nSPS) is 16.8. The molecule has 2 rings (SSSR count). The molecule has 0 aliphatic carbocycles. The van der Waals surface area contributed by atoms with Gasteiger partial charge in [-0.2, -0.15) is 0 Å². The Labute approximate surface area is 119 Å². The van der Waals surface area contributed by atoms with Crippen molar-refractivity contribution in [2.75, 3.05) is 13.1 Å². The van der Waals surface area contributed by atoms with E-state index in [-0.39, 0.29) is 11.6 Å². The van der Waals surface area contributed by atoms with Crippen LogP contribution in [0.4, 0.5) is 0 Å². The number of carboxylic acid groups (broad SMARTS) is 1. The van der Waals surface area contributed by atoms with Gasteiger partial charge in [-0.3, -0.25) is 0 Å². The second-order valence-corrected chi connectivity index (χ2v) is 5.52. The highest BCUT2D eigenvalue weighted by atomic mass is 16.4. The van der Waals surface area contributed by atoms with Crippen LogP contribution in [0.1, 0.15) is 61.6 Å². The van der Waals surface area contributed by atoms with Crippen LogP contribution in [0.15, 0.2) is 0 Å². The van der Waals surface area contributed by atoms with Crippen LogP contribution in [0.5, 0.6) is 0 Å². The Morgan fingerprint density at radius 3 is 2.60 bits per heavy atom. The van der Waals surface area contributed by atoms with Crippen LogP contribution in [0, 0.1) is 5.92 Å². The van der Waals surface area contributed by atoms with Crippen LogP contribution >= 0.6 is 0 Å². The number of nitrogens with one attached hydrogen (secondary N) is 1. The number of hydrogen-bond acceptors (Lipinski definition) is 4. The third-order valence-corrected chi connectivity index (χ3v) is 4.29. The quantitative estimate of drug-likeness (QED) is 0.831. The average molecular weight is 280 g/mol. The van der Waals surface area contributed by atoms with Gasteiger partial charge in [0.2, 0.25) is 0 Å². The molecule has 1 fully saturated rings. The number of nitrogens with zero attached hydrogens (tertiary/aromatic N) is 3. The maximum Gasteiger partial charge on any atom is 0.358 e. The number of aromatic nitrogens is 3. The van der Waals surface area contributed by atoms with Crippen molar-refractivity contribution >= 4 is 5.97 Å². The number of piperidine rings is 1. The first-order valence-corrected chi connectivity index (χ1v) is 7.54. The summed E-state index contributed by atoms with van der Waals surface area (Å²) < 4.78 is 1.84. The smallest absolute Gasteiger partial charge is 0.358 e. The van der Waals surface area contributed by atoms with Crippen molar-refractivity contribution in [3.05, 3.63) is 11.4 Å². The van der Waals surface area contributed by atoms with E-state index in [1.165, 1.54) is 0 Å². The maximum atomic E-state index is 11.4. The highest BCUT2D eigenvalue weighted by Gasteiger charge is 2.28. The fourth-order valence-electron chi connectivity index (χ4n) is 2.90. The molecule has 1 aromatic heterocycles. The summed E-state index contributed by atoms with van der Waals surface area (Å²) in [7, 11) is 0. The standard InChI is InChI=1S/C14H24N4O2/c1-3-10(4-2)9-18-13(11-5-7-15-8-6-11)12(14(19)20)16-17-18/h10-11,15H,3-9H2,1-2H3,(H,19,20). The van der Waals surface area contributed by atoms with Crippen LogP contribution in [0.2, 0.25) is 0 Å². The van der Waals surface area contributed by atoms with Crippen molar-refractivity contribution in [3.63, 3.8) is 0 Å². The van der Waals surface area contributed by atoms with Gasteiger partial charge in [-0.25, -0.2) is 9.48 Å². The predicted molar refractivity (Wildman–Crippen MR) is 75.9 cm³/mol. The minimum absolute atomic E-state index is 0.142. The zero-order chi connectivity index (χ0) is 14.5. The van der Waals surface area contributed by atoms with E-state index in [0.29, 0.717) is 5.92 Å². The van der Waals surface area contributed by atoms with Crippen LogP contribution in [0.25, 0.3) is 0 Å². The molecule has 1 aliphatic heterocycles. The lowest BCUT2D eigenvalue weighted by atomic mass is 9.92. The molecule has 1 aromatic rings. The van der Waals surface area contributed by atoms with Crippen molar-refractivity contribution in [1.29, 1.82) is 0 Å². The molecule has 6 nitrogen and oxygen atoms in total. The second kappa shape index (κ2) is 6.83. The lowest BCUT2D eigenvalue weighted by Crippen LogP contribution is -2.29. The summed E-state index contributed by atoms with van der Waals surface area (Å²) in [6, 6.07) is 0. The summed E-state index contributed by atoms with van der Waals surface area (Å²) in [6.07, 6.45) is 4.06. The van der Waals surface area contributed by atoms with Crippen molar-refractivity contribution < 1.29 is 9.90 Å². The van der Waals surface area contributed by atoms with Crippen molar-refractivity contribution in [1.82, 2.24) is 20.3 Å². The molecule has 1 saturated heterocycles. The van der Waals surface area contributed by atoms with E-state index in [1.54, 1.807) is 0 Å².